The molecule has 0 saturated carbocycles. The summed E-state index contributed by atoms with van der Waals surface area (Å²) >= 11 is 0. The van der Waals surface area contributed by atoms with Crippen LogP contribution in [0.25, 0.3) is 0 Å². The molecule has 1 heterocycles. The minimum Gasteiger partial charge on any atom is -0.309 e. The fourth-order valence-electron chi connectivity index (χ4n) is 4.30. The summed E-state index contributed by atoms with van der Waals surface area (Å²) in [6.45, 7) is 3.52. The lowest BCUT2D eigenvalue weighted by Gasteiger charge is -2.43. The predicted molar refractivity (Wildman–Crippen MR) is 116 cm³/mol. The lowest BCUT2D eigenvalue weighted by atomic mass is 9.89. The molecule has 0 saturated heterocycles. The molecule has 3 aromatic carbocycles. The summed E-state index contributed by atoms with van der Waals surface area (Å²) in [5, 5.41) is 0. The van der Waals surface area contributed by atoms with Gasteiger partial charge in [0.05, 0.1) is 11.6 Å². The highest BCUT2D eigenvalue weighted by Gasteiger charge is 2.38. The van der Waals surface area contributed by atoms with Gasteiger partial charge < -0.3 is 9.80 Å². The number of amides is 2. The molecular formula is C25H23FN2O2. The molecule has 0 bridgehead atoms. The van der Waals surface area contributed by atoms with Crippen LogP contribution in [-0.2, 0) is 4.79 Å². The van der Waals surface area contributed by atoms with E-state index in [0.717, 1.165) is 11.3 Å². The number of nitrogens with zero attached hydrogens (tertiary/aromatic N) is 2. The van der Waals surface area contributed by atoms with Crippen molar-refractivity contribution in [3.05, 3.63) is 95.8 Å². The van der Waals surface area contributed by atoms with E-state index < -0.39 is 11.7 Å². The van der Waals surface area contributed by atoms with E-state index in [1.807, 2.05) is 61.5 Å². The van der Waals surface area contributed by atoms with E-state index in [2.05, 4.69) is 0 Å². The number of fused-ring (bicyclic) bond motifs is 1. The SMILES string of the molecule is CC(=O)N1c2ccccc2C(N(C(=O)c2ccccc2F)c2ccccc2)CC1C. The third-order valence-corrected chi connectivity index (χ3v) is 5.57. The Balaban J connectivity index is 1.88. The first kappa shape index (κ1) is 19.8. The van der Waals surface area contributed by atoms with Crippen LogP contribution in [0.15, 0.2) is 78.9 Å². The molecule has 2 atom stereocenters. The lowest BCUT2D eigenvalue weighted by molar-refractivity contribution is -0.117. The van der Waals surface area contributed by atoms with E-state index in [0.29, 0.717) is 12.1 Å². The van der Waals surface area contributed by atoms with Crippen molar-refractivity contribution in [1.29, 1.82) is 0 Å². The third-order valence-electron chi connectivity index (χ3n) is 5.57. The third kappa shape index (κ3) is 3.47. The van der Waals surface area contributed by atoms with Crippen LogP contribution in [-0.4, -0.2) is 17.9 Å². The van der Waals surface area contributed by atoms with Crippen LogP contribution in [0.3, 0.4) is 0 Å². The van der Waals surface area contributed by atoms with Crippen LogP contribution >= 0.6 is 0 Å². The summed E-state index contributed by atoms with van der Waals surface area (Å²) in [5.41, 5.74) is 2.38. The summed E-state index contributed by atoms with van der Waals surface area (Å²) in [5.74, 6) is -0.992. The number of hydrogen-bond acceptors (Lipinski definition) is 2. The molecular weight excluding hydrogens is 379 g/mol. The number of anilines is 2. The number of carbonyl (C=O) groups is 2. The summed E-state index contributed by atoms with van der Waals surface area (Å²) in [7, 11) is 0. The monoisotopic (exact) mass is 402 g/mol. The van der Waals surface area contributed by atoms with Crippen LogP contribution < -0.4 is 9.80 Å². The summed E-state index contributed by atoms with van der Waals surface area (Å²) in [4.78, 5) is 29.3. The molecule has 5 heteroatoms. The van der Waals surface area contributed by atoms with Crippen molar-refractivity contribution < 1.29 is 14.0 Å². The van der Waals surface area contributed by atoms with Gasteiger partial charge in [-0.05, 0) is 49.2 Å². The van der Waals surface area contributed by atoms with Crippen molar-refractivity contribution in [2.24, 2.45) is 0 Å². The number of para-hydroxylation sites is 2. The van der Waals surface area contributed by atoms with E-state index in [1.54, 1.807) is 28.9 Å². The van der Waals surface area contributed by atoms with E-state index in [-0.39, 0.29) is 23.6 Å². The van der Waals surface area contributed by atoms with Gasteiger partial charge in [-0.25, -0.2) is 4.39 Å². The van der Waals surface area contributed by atoms with Gasteiger partial charge in [0.2, 0.25) is 5.91 Å². The van der Waals surface area contributed by atoms with Gasteiger partial charge in [-0.2, -0.15) is 0 Å². The molecule has 2 amide bonds. The molecule has 1 aliphatic heterocycles. The molecule has 2 unspecified atom stereocenters. The van der Waals surface area contributed by atoms with Crippen LogP contribution in [0.5, 0.6) is 0 Å². The zero-order valence-corrected chi connectivity index (χ0v) is 17.0. The Kier molecular flexibility index (Phi) is 5.36. The number of carbonyl (C=O) groups excluding carboxylic acids is 2. The summed E-state index contributed by atoms with van der Waals surface area (Å²) < 4.78 is 14.5. The Hall–Kier alpha value is -3.47. The predicted octanol–water partition coefficient (Wildman–Crippen LogP) is 5.36. The fraction of sp³-hybridized carbons (Fsp3) is 0.200. The average Bonchev–Trinajstić information content (AvgIpc) is 2.74. The molecule has 3 aromatic rings. The highest BCUT2D eigenvalue weighted by Crippen LogP contribution is 2.42. The molecule has 4 nitrogen and oxygen atoms in total. The van der Waals surface area contributed by atoms with Crippen molar-refractivity contribution in [3.8, 4) is 0 Å². The smallest absolute Gasteiger partial charge is 0.261 e. The maximum atomic E-state index is 14.5. The van der Waals surface area contributed by atoms with Gasteiger partial charge in [-0.3, -0.25) is 9.59 Å². The van der Waals surface area contributed by atoms with Crippen molar-refractivity contribution >= 4 is 23.2 Å². The molecule has 0 aromatic heterocycles. The normalized spacial score (nSPS) is 17.9. The quantitative estimate of drug-likeness (QED) is 0.592. The Labute approximate surface area is 175 Å². The fourth-order valence-corrected chi connectivity index (χ4v) is 4.30. The van der Waals surface area contributed by atoms with E-state index in [4.69, 9.17) is 0 Å². The molecule has 152 valence electrons. The van der Waals surface area contributed by atoms with Crippen LogP contribution in [0.2, 0.25) is 0 Å². The largest absolute Gasteiger partial charge is 0.309 e. The van der Waals surface area contributed by atoms with Crippen molar-refractivity contribution in [3.63, 3.8) is 0 Å². The molecule has 0 N–H and O–H groups in total. The van der Waals surface area contributed by atoms with E-state index >= 15 is 0 Å². The first-order valence-corrected chi connectivity index (χ1v) is 10.0. The van der Waals surface area contributed by atoms with Gasteiger partial charge in [0.25, 0.3) is 5.91 Å². The van der Waals surface area contributed by atoms with Crippen LogP contribution in [0, 0.1) is 5.82 Å². The van der Waals surface area contributed by atoms with E-state index in [1.165, 1.54) is 12.1 Å². The highest BCUT2D eigenvalue weighted by atomic mass is 19.1. The van der Waals surface area contributed by atoms with E-state index in [9.17, 15) is 14.0 Å². The maximum absolute atomic E-state index is 14.5. The lowest BCUT2D eigenvalue weighted by Crippen LogP contribution is -2.47. The molecule has 0 aliphatic carbocycles. The first-order valence-electron chi connectivity index (χ1n) is 10.0. The van der Waals surface area contributed by atoms with Gasteiger partial charge in [-0.1, -0.05) is 48.5 Å². The van der Waals surface area contributed by atoms with Gasteiger partial charge in [0, 0.05) is 24.3 Å². The molecule has 30 heavy (non-hydrogen) atoms. The molecule has 0 radical (unpaired) electrons. The van der Waals surface area contributed by atoms with Crippen molar-refractivity contribution in [2.45, 2.75) is 32.4 Å². The Bertz CT molecular complexity index is 1080. The Morgan fingerprint density at radius 2 is 1.57 bits per heavy atom. The van der Waals surface area contributed by atoms with Gasteiger partial charge in [-0.15, -0.1) is 0 Å². The standard InChI is InChI=1S/C25H23FN2O2/c1-17-16-24(21-13-7-9-15-23(21)27(17)18(2)29)28(19-10-4-3-5-11-19)25(30)20-12-6-8-14-22(20)26/h3-15,17,24H,16H2,1-2H3. The minimum atomic E-state index is -0.550. The number of halogens is 1. The molecule has 0 fully saturated rings. The zero-order valence-electron chi connectivity index (χ0n) is 17.0. The average molecular weight is 402 g/mol. The summed E-state index contributed by atoms with van der Waals surface area (Å²) in [6.07, 6.45) is 0.547. The minimum absolute atomic E-state index is 0.0282. The zero-order chi connectivity index (χ0) is 21.3. The van der Waals surface area contributed by atoms with Crippen LogP contribution in [0.4, 0.5) is 15.8 Å². The van der Waals surface area contributed by atoms with Crippen LogP contribution in [0.1, 0.15) is 42.2 Å². The second-order valence-corrected chi connectivity index (χ2v) is 7.54. The molecule has 0 spiro atoms. The number of benzene rings is 3. The van der Waals surface area contributed by atoms with Crippen molar-refractivity contribution in [1.82, 2.24) is 0 Å². The molecule has 4 rings (SSSR count). The number of rotatable bonds is 3. The van der Waals surface area contributed by atoms with Gasteiger partial charge >= 0.3 is 0 Å². The van der Waals surface area contributed by atoms with Crippen molar-refractivity contribution in [2.75, 3.05) is 9.80 Å². The second-order valence-electron chi connectivity index (χ2n) is 7.54. The first-order chi connectivity index (χ1) is 14.5. The Morgan fingerprint density at radius 1 is 0.933 bits per heavy atom. The Morgan fingerprint density at radius 3 is 2.27 bits per heavy atom. The van der Waals surface area contributed by atoms with Gasteiger partial charge in [0.15, 0.2) is 0 Å². The highest BCUT2D eigenvalue weighted by molar-refractivity contribution is 6.07. The topological polar surface area (TPSA) is 40.6 Å². The van der Waals surface area contributed by atoms with Gasteiger partial charge in [0.1, 0.15) is 5.82 Å². The second kappa shape index (κ2) is 8.11. The molecule has 1 aliphatic rings. The summed E-state index contributed by atoms with van der Waals surface area (Å²) in [6, 6.07) is 22.5. The maximum Gasteiger partial charge on any atom is 0.261 e. The number of hydrogen-bond donors (Lipinski definition) is 0.